The van der Waals surface area contributed by atoms with Crippen LogP contribution in [0.15, 0.2) is 18.3 Å². The molecule has 5 heteroatoms. The Morgan fingerprint density at radius 1 is 1.53 bits per heavy atom. The lowest BCUT2D eigenvalue weighted by Gasteiger charge is -2.41. The lowest BCUT2D eigenvalue weighted by molar-refractivity contribution is -0.0833. The smallest absolute Gasteiger partial charge is 0.160 e. The summed E-state index contributed by atoms with van der Waals surface area (Å²) < 4.78 is 7.83. The van der Waals surface area contributed by atoms with E-state index in [1.165, 1.54) is 6.42 Å². The van der Waals surface area contributed by atoms with Crippen molar-refractivity contribution in [2.45, 2.75) is 43.7 Å². The number of aromatic nitrogens is 3. The zero-order valence-electron chi connectivity index (χ0n) is 11.3. The second-order valence-electron chi connectivity index (χ2n) is 5.26. The van der Waals surface area contributed by atoms with Gasteiger partial charge in [0, 0.05) is 13.3 Å². The quantitative estimate of drug-likeness (QED) is 0.806. The van der Waals surface area contributed by atoms with Gasteiger partial charge in [-0.2, -0.15) is 0 Å². The van der Waals surface area contributed by atoms with Gasteiger partial charge in [-0.25, -0.2) is 9.97 Å². The molecule has 2 aromatic heterocycles. The first-order chi connectivity index (χ1) is 9.15. The monoisotopic (exact) mass is 279 g/mol. The minimum atomic E-state index is -0.136. The molecule has 0 aliphatic heterocycles. The van der Waals surface area contributed by atoms with Crippen LogP contribution < -0.4 is 0 Å². The molecule has 1 atom stereocenters. The van der Waals surface area contributed by atoms with Crippen LogP contribution in [0.1, 0.15) is 37.4 Å². The van der Waals surface area contributed by atoms with Gasteiger partial charge in [0.1, 0.15) is 11.3 Å². The van der Waals surface area contributed by atoms with Gasteiger partial charge in [0.15, 0.2) is 5.65 Å². The molecule has 0 bridgehead atoms. The minimum Gasteiger partial charge on any atom is -0.376 e. The highest BCUT2D eigenvalue weighted by molar-refractivity contribution is 6.20. The highest BCUT2D eigenvalue weighted by Crippen LogP contribution is 2.38. The zero-order valence-corrected chi connectivity index (χ0v) is 12.0. The third kappa shape index (κ3) is 2.13. The molecular formula is C14H18ClN3O. The van der Waals surface area contributed by atoms with Gasteiger partial charge in [-0.1, -0.05) is 0 Å². The maximum absolute atomic E-state index is 6.26. The van der Waals surface area contributed by atoms with Gasteiger partial charge >= 0.3 is 0 Å². The van der Waals surface area contributed by atoms with Crippen LogP contribution in [0.4, 0.5) is 0 Å². The fourth-order valence-electron chi connectivity index (χ4n) is 2.72. The predicted molar refractivity (Wildman–Crippen MR) is 75.4 cm³/mol. The average molecular weight is 280 g/mol. The summed E-state index contributed by atoms with van der Waals surface area (Å²) in [7, 11) is 1.79. The molecule has 0 amide bonds. The van der Waals surface area contributed by atoms with Crippen LogP contribution in [-0.2, 0) is 11.3 Å². The van der Waals surface area contributed by atoms with E-state index in [0.717, 1.165) is 36.4 Å². The largest absolute Gasteiger partial charge is 0.376 e. The van der Waals surface area contributed by atoms with Gasteiger partial charge in [-0.05, 0) is 38.3 Å². The van der Waals surface area contributed by atoms with Crippen molar-refractivity contribution in [3.63, 3.8) is 0 Å². The van der Waals surface area contributed by atoms with Gasteiger partial charge in [-0.3, -0.25) is 0 Å². The lowest BCUT2D eigenvalue weighted by Crippen LogP contribution is -2.43. The fraction of sp³-hybridized carbons (Fsp3) is 0.571. The van der Waals surface area contributed by atoms with E-state index in [-0.39, 0.29) is 11.0 Å². The summed E-state index contributed by atoms with van der Waals surface area (Å²) in [4.78, 5) is 9.05. The van der Waals surface area contributed by atoms with E-state index in [1.807, 2.05) is 19.1 Å². The molecule has 0 saturated heterocycles. The number of hydrogen-bond donors (Lipinski definition) is 0. The summed E-state index contributed by atoms with van der Waals surface area (Å²) in [6, 6.07) is 3.87. The Bertz CT molecular complexity index is 584. The number of nitrogens with zero attached hydrogens (tertiary/aromatic N) is 3. The molecule has 0 aromatic carbocycles. The van der Waals surface area contributed by atoms with E-state index in [2.05, 4.69) is 14.5 Å². The van der Waals surface area contributed by atoms with Crippen LogP contribution in [-0.4, -0.2) is 27.2 Å². The Morgan fingerprint density at radius 3 is 2.89 bits per heavy atom. The molecule has 4 nitrogen and oxygen atoms in total. The number of rotatable bonds is 4. The molecule has 0 N–H and O–H groups in total. The Balaban J connectivity index is 2.07. The van der Waals surface area contributed by atoms with Crippen molar-refractivity contribution in [3.05, 3.63) is 24.2 Å². The summed E-state index contributed by atoms with van der Waals surface area (Å²) >= 11 is 6.26. The first-order valence-corrected chi connectivity index (χ1v) is 7.09. The van der Waals surface area contributed by atoms with Gasteiger partial charge in [-0.15, -0.1) is 11.6 Å². The molecule has 1 aliphatic rings. The number of pyridine rings is 1. The second-order valence-corrected chi connectivity index (χ2v) is 5.91. The number of alkyl halides is 1. The van der Waals surface area contributed by atoms with Gasteiger partial charge in [0.2, 0.25) is 0 Å². The van der Waals surface area contributed by atoms with Crippen LogP contribution in [0.25, 0.3) is 11.2 Å². The molecule has 0 spiro atoms. The predicted octanol–water partition coefficient (Wildman–Crippen LogP) is 3.30. The highest BCUT2D eigenvalue weighted by Gasteiger charge is 2.38. The van der Waals surface area contributed by atoms with Crippen molar-refractivity contribution in [2.24, 2.45) is 0 Å². The summed E-state index contributed by atoms with van der Waals surface area (Å²) in [6.07, 6.45) is 5.20. The molecule has 1 aliphatic carbocycles. The summed E-state index contributed by atoms with van der Waals surface area (Å²) in [5.74, 6) is 0.874. The van der Waals surface area contributed by atoms with Crippen molar-refractivity contribution >= 4 is 22.8 Å². The van der Waals surface area contributed by atoms with E-state index in [9.17, 15) is 0 Å². The van der Waals surface area contributed by atoms with Crippen molar-refractivity contribution in [2.75, 3.05) is 7.11 Å². The normalized spacial score (nSPS) is 19.3. The van der Waals surface area contributed by atoms with Crippen LogP contribution in [0.5, 0.6) is 0 Å². The first-order valence-electron chi connectivity index (χ1n) is 6.66. The van der Waals surface area contributed by atoms with Crippen molar-refractivity contribution < 1.29 is 4.74 Å². The van der Waals surface area contributed by atoms with Gasteiger partial charge < -0.3 is 9.30 Å². The molecule has 2 aromatic rings. The maximum Gasteiger partial charge on any atom is 0.160 e. The van der Waals surface area contributed by atoms with Crippen LogP contribution in [0, 0.1) is 0 Å². The summed E-state index contributed by atoms with van der Waals surface area (Å²) in [5.41, 5.74) is 1.73. The van der Waals surface area contributed by atoms with Crippen LogP contribution in [0.3, 0.4) is 0 Å². The second kappa shape index (κ2) is 4.76. The lowest BCUT2D eigenvalue weighted by atomic mass is 9.80. The van der Waals surface area contributed by atoms with E-state index in [1.54, 1.807) is 13.3 Å². The van der Waals surface area contributed by atoms with E-state index in [4.69, 9.17) is 16.3 Å². The number of ether oxygens (including phenoxy) is 1. The molecule has 1 unspecified atom stereocenters. The first kappa shape index (κ1) is 12.9. The standard InChI is InChI=1S/C14H18ClN3O/c1-10(15)12-17-11-5-3-8-16-13(11)18(12)9-14(19-2)6-4-7-14/h3,5,8,10H,4,6-7,9H2,1-2H3. The summed E-state index contributed by atoms with van der Waals surface area (Å²) in [5, 5.41) is -0.136. The highest BCUT2D eigenvalue weighted by atomic mass is 35.5. The number of halogens is 1. The molecule has 3 rings (SSSR count). The number of imidazole rings is 1. The third-order valence-corrected chi connectivity index (χ3v) is 4.23. The molecule has 1 saturated carbocycles. The third-order valence-electron chi connectivity index (χ3n) is 4.03. The van der Waals surface area contributed by atoms with E-state index >= 15 is 0 Å². The Kier molecular flexibility index (Phi) is 3.23. The van der Waals surface area contributed by atoms with E-state index in [0.29, 0.717) is 0 Å². The molecule has 2 heterocycles. The van der Waals surface area contributed by atoms with Crippen LogP contribution in [0.2, 0.25) is 0 Å². The van der Waals surface area contributed by atoms with Crippen LogP contribution >= 0.6 is 11.6 Å². The van der Waals surface area contributed by atoms with Crippen molar-refractivity contribution in [1.29, 1.82) is 0 Å². The topological polar surface area (TPSA) is 39.9 Å². The maximum atomic E-state index is 6.26. The Morgan fingerprint density at radius 2 is 2.32 bits per heavy atom. The number of fused-ring (bicyclic) bond motifs is 1. The number of hydrogen-bond acceptors (Lipinski definition) is 3. The molecular weight excluding hydrogens is 262 g/mol. The van der Waals surface area contributed by atoms with Gasteiger partial charge in [0.05, 0.1) is 17.5 Å². The fourth-order valence-corrected chi connectivity index (χ4v) is 2.89. The summed E-state index contributed by atoms with van der Waals surface area (Å²) in [6.45, 7) is 2.73. The zero-order chi connectivity index (χ0) is 13.5. The molecule has 1 fully saturated rings. The van der Waals surface area contributed by atoms with E-state index < -0.39 is 0 Å². The number of methoxy groups -OCH3 is 1. The molecule has 102 valence electrons. The average Bonchev–Trinajstić information content (AvgIpc) is 2.73. The SMILES string of the molecule is COC1(Cn2c(C(C)Cl)nc3cccnc32)CCC1. The Hall–Kier alpha value is -1.13. The van der Waals surface area contributed by atoms with Crippen molar-refractivity contribution in [3.8, 4) is 0 Å². The molecule has 0 radical (unpaired) electrons. The Labute approximate surface area is 117 Å². The molecule has 19 heavy (non-hydrogen) atoms. The minimum absolute atomic E-state index is 0.0638. The van der Waals surface area contributed by atoms with Gasteiger partial charge in [0.25, 0.3) is 0 Å². The van der Waals surface area contributed by atoms with Crippen molar-refractivity contribution in [1.82, 2.24) is 14.5 Å².